The molecule has 0 fully saturated rings. The van der Waals surface area contributed by atoms with E-state index in [1.165, 1.54) is 5.56 Å². The Balaban J connectivity index is 2.42. The van der Waals surface area contributed by atoms with E-state index in [2.05, 4.69) is 32.9 Å². The standard InChI is InChI=1S/C13H20O/c1-13(2,3)12(14)10-9-11-7-5-4-6-8-11/h4-8,12,14H,9-10H2,1-3H3/t12-/m1/s1. The molecule has 0 aliphatic carbocycles. The second-order valence-electron chi connectivity index (χ2n) is 4.91. The summed E-state index contributed by atoms with van der Waals surface area (Å²) in [6.45, 7) is 6.22. The quantitative estimate of drug-likeness (QED) is 0.780. The lowest BCUT2D eigenvalue weighted by Gasteiger charge is -2.25. The highest BCUT2D eigenvalue weighted by molar-refractivity contribution is 5.14. The van der Waals surface area contributed by atoms with Crippen LogP contribution in [0.25, 0.3) is 0 Å². The SMILES string of the molecule is CC(C)(C)[C@H](O)CCc1ccccc1. The van der Waals surface area contributed by atoms with E-state index in [0.29, 0.717) is 0 Å². The van der Waals surface area contributed by atoms with E-state index in [9.17, 15) is 5.11 Å². The molecule has 0 heterocycles. The molecule has 1 aromatic rings. The van der Waals surface area contributed by atoms with E-state index in [1.807, 2.05) is 18.2 Å². The molecule has 14 heavy (non-hydrogen) atoms. The molecule has 1 rings (SSSR count). The summed E-state index contributed by atoms with van der Waals surface area (Å²) in [6, 6.07) is 10.3. The normalized spacial score (nSPS) is 14.0. The van der Waals surface area contributed by atoms with Crippen LogP contribution in [0, 0.1) is 5.41 Å². The van der Waals surface area contributed by atoms with Crippen LogP contribution in [0.15, 0.2) is 30.3 Å². The van der Waals surface area contributed by atoms with Crippen molar-refractivity contribution in [3.05, 3.63) is 35.9 Å². The van der Waals surface area contributed by atoms with Crippen LogP contribution >= 0.6 is 0 Å². The molecule has 0 aliphatic rings. The number of hydrogen-bond acceptors (Lipinski definition) is 1. The molecule has 1 heteroatoms. The highest BCUT2D eigenvalue weighted by Gasteiger charge is 2.21. The molecular formula is C13H20O. The lowest BCUT2D eigenvalue weighted by Crippen LogP contribution is -2.26. The highest BCUT2D eigenvalue weighted by atomic mass is 16.3. The zero-order valence-corrected chi connectivity index (χ0v) is 9.33. The fourth-order valence-corrected chi connectivity index (χ4v) is 1.38. The highest BCUT2D eigenvalue weighted by Crippen LogP contribution is 2.22. The monoisotopic (exact) mass is 192 g/mol. The van der Waals surface area contributed by atoms with Crippen molar-refractivity contribution in [2.24, 2.45) is 5.41 Å². The summed E-state index contributed by atoms with van der Waals surface area (Å²) < 4.78 is 0. The first-order valence-electron chi connectivity index (χ1n) is 5.22. The summed E-state index contributed by atoms with van der Waals surface area (Å²) in [5.41, 5.74) is 1.30. The van der Waals surface area contributed by atoms with Gasteiger partial charge in [-0.25, -0.2) is 0 Å². The predicted octanol–water partition coefficient (Wildman–Crippen LogP) is 3.03. The number of benzene rings is 1. The maximum atomic E-state index is 9.85. The summed E-state index contributed by atoms with van der Waals surface area (Å²) in [5, 5.41) is 9.85. The molecule has 0 saturated heterocycles. The molecule has 1 nitrogen and oxygen atoms in total. The van der Waals surface area contributed by atoms with Crippen molar-refractivity contribution in [2.45, 2.75) is 39.7 Å². The second kappa shape index (κ2) is 4.61. The fraction of sp³-hybridized carbons (Fsp3) is 0.538. The van der Waals surface area contributed by atoms with Crippen molar-refractivity contribution in [3.8, 4) is 0 Å². The van der Waals surface area contributed by atoms with Gasteiger partial charge in [0.15, 0.2) is 0 Å². The van der Waals surface area contributed by atoms with Gasteiger partial charge in [0.05, 0.1) is 6.10 Å². The minimum atomic E-state index is -0.220. The largest absolute Gasteiger partial charge is 0.393 e. The Morgan fingerprint density at radius 3 is 2.21 bits per heavy atom. The smallest absolute Gasteiger partial charge is 0.0591 e. The first-order valence-corrected chi connectivity index (χ1v) is 5.22. The van der Waals surface area contributed by atoms with E-state index in [4.69, 9.17) is 0 Å². The van der Waals surface area contributed by atoms with E-state index >= 15 is 0 Å². The van der Waals surface area contributed by atoms with Crippen LogP contribution in [0.3, 0.4) is 0 Å². The molecule has 0 aromatic heterocycles. The molecule has 0 aliphatic heterocycles. The molecule has 1 atom stereocenters. The minimum Gasteiger partial charge on any atom is -0.393 e. The van der Waals surface area contributed by atoms with Crippen LogP contribution in [0.4, 0.5) is 0 Å². The third-order valence-corrected chi connectivity index (χ3v) is 2.55. The van der Waals surface area contributed by atoms with Crippen molar-refractivity contribution < 1.29 is 5.11 Å². The third-order valence-electron chi connectivity index (χ3n) is 2.55. The number of aryl methyl sites for hydroxylation is 1. The van der Waals surface area contributed by atoms with Gasteiger partial charge in [-0.2, -0.15) is 0 Å². The van der Waals surface area contributed by atoms with Crippen molar-refractivity contribution in [1.82, 2.24) is 0 Å². The zero-order chi connectivity index (χ0) is 10.6. The summed E-state index contributed by atoms with van der Waals surface area (Å²) in [4.78, 5) is 0. The molecule has 1 aromatic carbocycles. The Morgan fingerprint density at radius 1 is 1.14 bits per heavy atom. The molecule has 0 unspecified atom stereocenters. The Hall–Kier alpha value is -0.820. The van der Waals surface area contributed by atoms with E-state index in [-0.39, 0.29) is 11.5 Å². The number of hydrogen-bond donors (Lipinski definition) is 1. The van der Waals surface area contributed by atoms with Gasteiger partial charge in [0.25, 0.3) is 0 Å². The molecule has 0 radical (unpaired) electrons. The number of rotatable bonds is 3. The van der Waals surface area contributed by atoms with Gasteiger partial charge in [-0.3, -0.25) is 0 Å². The maximum Gasteiger partial charge on any atom is 0.0591 e. The lowest BCUT2D eigenvalue weighted by atomic mass is 9.86. The van der Waals surface area contributed by atoms with Crippen LogP contribution in [-0.2, 0) is 6.42 Å². The molecule has 0 saturated carbocycles. The van der Waals surface area contributed by atoms with E-state index in [0.717, 1.165) is 12.8 Å². The van der Waals surface area contributed by atoms with Gasteiger partial charge in [0.1, 0.15) is 0 Å². The summed E-state index contributed by atoms with van der Waals surface area (Å²) in [5.74, 6) is 0. The van der Waals surface area contributed by atoms with Crippen molar-refractivity contribution in [2.75, 3.05) is 0 Å². The maximum absolute atomic E-state index is 9.85. The van der Waals surface area contributed by atoms with E-state index in [1.54, 1.807) is 0 Å². The second-order valence-corrected chi connectivity index (χ2v) is 4.91. The Bertz CT molecular complexity index is 258. The molecule has 78 valence electrons. The first-order chi connectivity index (χ1) is 6.50. The van der Waals surface area contributed by atoms with Gasteiger partial charge in [-0.05, 0) is 23.8 Å². The third kappa shape index (κ3) is 3.51. The van der Waals surface area contributed by atoms with Crippen molar-refractivity contribution >= 4 is 0 Å². The summed E-state index contributed by atoms with van der Waals surface area (Å²) >= 11 is 0. The number of aliphatic hydroxyl groups is 1. The van der Waals surface area contributed by atoms with Gasteiger partial charge in [0, 0.05) is 0 Å². The Kier molecular flexibility index (Phi) is 3.70. The van der Waals surface area contributed by atoms with Gasteiger partial charge in [0.2, 0.25) is 0 Å². The van der Waals surface area contributed by atoms with E-state index < -0.39 is 0 Å². The van der Waals surface area contributed by atoms with Crippen LogP contribution in [0.5, 0.6) is 0 Å². The fourth-order valence-electron chi connectivity index (χ4n) is 1.38. The number of aliphatic hydroxyl groups excluding tert-OH is 1. The molecule has 0 spiro atoms. The minimum absolute atomic E-state index is 0.00518. The van der Waals surface area contributed by atoms with Crippen LogP contribution in [0.1, 0.15) is 32.8 Å². The van der Waals surface area contributed by atoms with Gasteiger partial charge < -0.3 is 5.11 Å². The van der Waals surface area contributed by atoms with Crippen LogP contribution < -0.4 is 0 Å². The van der Waals surface area contributed by atoms with Gasteiger partial charge in [-0.15, -0.1) is 0 Å². The molecule has 0 bridgehead atoms. The van der Waals surface area contributed by atoms with Crippen molar-refractivity contribution in [3.63, 3.8) is 0 Å². The Morgan fingerprint density at radius 2 is 1.71 bits per heavy atom. The van der Waals surface area contributed by atoms with Crippen LogP contribution in [0.2, 0.25) is 0 Å². The van der Waals surface area contributed by atoms with Gasteiger partial charge >= 0.3 is 0 Å². The summed E-state index contributed by atoms with van der Waals surface area (Å²) in [7, 11) is 0. The topological polar surface area (TPSA) is 20.2 Å². The zero-order valence-electron chi connectivity index (χ0n) is 9.33. The molecule has 0 amide bonds. The van der Waals surface area contributed by atoms with Crippen molar-refractivity contribution in [1.29, 1.82) is 0 Å². The molecular weight excluding hydrogens is 172 g/mol. The average molecular weight is 192 g/mol. The average Bonchev–Trinajstić information content (AvgIpc) is 2.14. The summed E-state index contributed by atoms with van der Waals surface area (Å²) in [6.07, 6.45) is 1.58. The predicted molar refractivity (Wildman–Crippen MR) is 60.2 cm³/mol. The molecule has 1 N–H and O–H groups in total. The van der Waals surface area contributed by atoms with Gasteiger partial charge in [-0.1, -0.05) is 51.1 Å². The lowest BCUT2D eigenvalue weighted by molar-refractivity contribution is 0.0560. The Labute approximate surface area is 86.8 Å². The first kappa shape index (κ1) is 11.3. The van der Waals surface area contributed by atoms with Crippen LogP contribution in [-0.4, -0.2) is 11.2 Å².